The second-order valence-electron chi connectivity index (χ2n) is 6.15. The molecule has 1 radical (unpaired) electrons. The number of halogens is 9. The van der Waals surface area contributed by atoms with Gasteiger partial charge in [0.1, 0.15) is 0 Å². The minimum absolute atomic E-state index is 0. The van der Waals surface area contributed by atoms with Crippen LogP contribution in [0.3, 0.4) is 0 Å². The molecule has 0 aliphatic carbocycles. The van der Waals surface area contributed by atoms with Crippen molar-refractivity contribution in [2.75, 3.05) is 0 Å². The first-order valence-electron chi connectivity index (χ1n) is 8.70. The van der Waals surface area contributed by atoms with Crippen LogP contribution in [0.4, 0.5) is 0 Å². The summed E-state index contributed by atoms with van der Waals surface area (Å²) in [5, 5.41) is 27.1. The van der Waals surface area contributed by atoms with Crippen molar-refractivity contribution in [2.24, 2.45) is 0 Å². The summed E-state index contributed by atoms with van der Waals surface area (Å²) in [4.78, 5) is 31.6. The van der Waals surface area contributed by atoms with E-state index < -0.39 is 17.9 Å². The molecule has 3 rings (SSSR count). The number of aromatic carboxylic acids is 3. The Morgan fingerprint density at radius 3 is 0.649 bits per heavy atom. The summed E-state index contributed by atoms with van der Waals surface area (Å²) >= 11 is 50.2. The smallest absolute Gasteiger partial charge is 0.338 e. The van der Waals surface area contributed by atoms with Crippen LogP contribution >= 0.6 is 104 Å². The summed E-state index contributed by atoms with van der Waals surface area (Å²) in [6.45, 7) is 0. The predicted molar refractivity (Wildman–Crippen MR) is 145 cm³/mol. The van der Waals surface area contributed by atoms with Gasteiger partial charge in [0.25, 0.3) is 0 Å². The number of carbonyl (C=O) groups is 3. The van der Waals surface area contributed by atoms with Crippen molar-refractivity contribution in [3.8, 4) is 0 Å². The van der Waals surface area contributed by atoms with Crippen LogP contribution in [0.15, 0.2) is 36.4 Å². The Balaban J connectivity index is 0.000000518. The minimum Gasteiger partial charge on any atom is -0.478 e. The van der Waals surface area contributed by atoms with E-state index in [0.717, 1.165) is 0 Å². The number of hydrogen-bond donors (Lipinski definition) is 3. The summed E-state index contributed by atoms with van der Waals surface area (Å²) in [5.74, 6) is -3.50. The Morgan fingerprint density at radius 1 is 0.405 bits per heavy atom. The molecule has 16 heteroatoms. The zero-order valence-corrected chi connectivity index (χ0v) is 26.2. The van der Waals surface area contributed by atoms with E-state index in [9.17, 15) is 14.4 Å². The van der Waals surface area contributed by atoms with Crippen LogP contribution in [-0.4, -0.2) is 33.2 Å². The van der Waals surface area contributed by atoms with E-state index in [4.69, 9.17) is 120 Å². The molecule has 37 heavy (non-hydrogen) atoms. The van der Waals surface area contributed by atoms with Gasteiger partial charge in [0.15, 0.2) is 0 Å². The molecule has 0 saturated carbocycles. The minimum atomic E-state index is -1.17. The summed E-state index contributed by atoms with van der Waals surface area (Å²) in [5.41, 5.74) is -0.367. The van der Waals surface area contributed by atoms with Crippen molar-refractivity contribution in [3.05, 3.63) is 98.3 Å². The first-order valence-corrected chi connectivity index (χ1v) is 12.1. The van der Waals surface area contributed by atoms with Gasteiger partial charge < -0.3 is 15.3 Å². The van der Waals surface area contributed by atoms with Gasteiger partial charge in [-0.05, 0) is 36.4 Å². The second kappa shape index (κ2) is 16.9. The molecule has 3 N–H and O–H groups in total. The fourth-order valence-corrected chi connectivity index (χ4v) is 5.18. The summed E-state index contributed by atoms with van der Waals surface area (Å²) in [6.07, 6.45) is 0. The SMILES string of the molecule is O=C(O)c1c(Cl)cc(Cl)cc1Cl.O=C(O)c1c(Cl)cc(Cl)cc1Cl.O=C(O)c1c(Cl)cc(Cl)cc1Cl.[Tb]. The van der Waals surface area contributed by atoms with Gasteiger partial charge >= 0.3 is 17.9 Å². The van der Waals surface area contributed by atoms with Crippen LogP contribution < -0.4 is 0 Å². The molecule has 0 unspecified atom stereocenters. The molecular formula is C21H9Cl9O6Tb. The second-order valence-corrected chi connectivity index (χ2v) is 9.90. The van der Waals surface area contributed by atoms with Crippen molar-refractivity contribution < 1.29 is 68.3 Å². The fourth-order valence-electron chi connectivity index (χ4n) is 2.24. The van der Waals surface area contributed by atoms with Crippen molar-refractivity contribution in [3.63, 3.8) is 0 Å². The zero-order chi connectivity index (χ0) is 27.9. The molecule has 0 heterocycles. The summed E-state index contributed by atoms with van der Waals surface area (Å²) < 4.78 is 0. The Kier molecular flexibility index (Phi) is 16.9. The predicted octanol–water partition coefficient (Wildman–Crippen LogP) is 10.0. The van der Waals surface area contributed by atoms with E-state index in [2.05, 4.69) is 0 Å². The fraction of sp³-hybridized carbons (Fsp3) is 0. The standard InChI is InChI=1S/3C7H3Cl3O2.Tb/c3*8-3-1-4(9)6(7(11)12)5(10)2-3;/h3*1-2H,(H,11,12);. The largest absolute Gasteiger partial charge is 0.478 e. The molecule has 0 spiro atoms. The number of carboxylic acid groups (broad SMARTS) is 3. The molecule has 0 aromatic heterocycles. The van der Waals surface area contributed by atoms with E-state index in [1.807, 2.05) is 0 Å². The molecule has 3 aromatic rings. The Labute approximate surface area is 285 Å². The molecular weight excluding hydrogens is 826 g/mol. The normalized spacial score (nSPS) is 9.65. The van der Waals surface area contributed by atoms with E-state index in [-0.39, 0.29) is 85.4 Å². The molecule has 0 bridgehead atoms. The maximum atomic E-state index is 10.5. The molecule has 3 aromatic carbocycles. The number of benzene rings is 3. The van der Waals surface area contributed by atoms with Gasteiger partial charge in [0.05, 0.1) is 46.8 Å². The molecule has 0 aliphatic rings. The van der Waals surface area contributed by atoms with Gasteiger partial charge in [-0.2, -0.15) is 0 Å². The van der Waals surface area contributed by atoms with Crippen LogP contribution in [0.1, 0.15) is 31.1 Å². The monoisotopic (exact) mass is 831 g/mol. The quantitative estimate of drug-likeness (QED) is 0.242. The van der Waals surface area contributed by atoms with Gasteiger partial charge in [0.2, 0.25) is 0 Å². The van der Waals surface area contributed by atoms with Gasteiger partial charge in [-0.3, -0.25) is 0 Å². The van der Waals surface area contributed by atoms with Gasteiger partial charge in [-0.1, -0.05) is 104 Å². The number of carboxylic acids is 3. The zero-order valence-electron chi connectivity index (χ0n) is 17.3. The van der Waals surface area contributed by atoms with Gasteiger partial charge in [0, 0.05) is 53.7 Å². The van der Waals surface area contributed by atoms with Crippen molar-refractivity contribution in [1.29, 1.82) is 0 Å². The molecule has 6 nitrogen and oxygen atoms in total. The van der Waals surface area contributed by atoms with E-state index >= 15 is 0 Å². The third-order valence-electron chi connectivity index (χ3n) is 3.66. The Morgan fingerprint density at radius 2 is 0.541 bits per heavy atom. The molecule has 0 amide bonds. The maximum absolute atomic E-state index is 10.5. The van der Waals surface area contributed by atoms with Crippen molar-refractivity contribution >= 4 is 122 Å². The average molecular weight is 835 g/mol. The summed E-state index contributed by atoms with van der Waals surface area (Å²) in [6, 6.07) is 7.99. The van der Waals surface area contributed by atoms with Crippen LogP contribution in [0.2, 0.25) is 45.2 Å². The molecule has 0 atom stereocenters. The number of rotatable bonds is 3. The topological polar surface area (TPSA) is 112 Å². The first kappa shape index (κ1) is 37.0. The van der Waals surface area contributed by atoms with Crippen molar-refractivity contribution in [1.82, 2.24) is 0 Å². The molecule has 0 aliphatic heterocycles. The van der Waals surface area contributed by atoms with E-state index in [1.54, 1.807) is 0 Å². The molecule has 0 fully saturated rings. The van der Waals surface area contributed by atoms with Crippen molar-refractivity contribution in [2.45, 2.75) is 0 Å². The van der Waals surface area contributed by atoms with Gasteiger partial charge in [-0.15, -0.1) is 0 Å². The first-order chi connectivity index (χ1) is 16.6. The molecule has 201 valence electrons. The Hall–Kier alpha value is -0.0343. The van der Waals surface area contributed by atoms with E-state index in [0.29, 0.717) is 15.1 Å². The van der Waals surface area contributed by atoms with E-state index in [1.165, 1.54) is 36.4 Å². The average Bonchev–Trinajstić information content (AvgIpc) is 2.65. The summed E-state index contributed by atoms with van der Waals surface area (Å²) in [7, 11) is 0. The van der Waals surface area contributed by atoms with Crippen LogP contribution in [0, 0.1) is 38.6 Å². The Bertz CT molecular complexity index is 1100. The molecule has 0 saturated heterocycles. The third-order valence-corrected chi connectivity index (χ3v) is 6.11. The van der Waals surface area contributed by atoms with Gasteiger partial charge in [-0.25, -0.2) is 14.4 Å². The van der Waals surface area contributed by atoms with Crippen LogP contribution in [0.5, 0.6) is 0 Å². The number of hydrogen-bond acceptors (Lipinski definition) is 3. The third kappa shape index (κ3) is 11.5. The van der Waals surface area contributed by atoms with Crippen LogP contribution in [0.25, 0.3) is 0 Å². The van der Waals surface area contributed by atoms with Crippen LogP contribution in [-0.2, 0) is 0 Å². The maximum Gasteiger partial charge on any atom is 0.338 e.